The Morgan fingerprint density at radius 1 is 1.27 bits per heavy atom. The van der Waals surface area contributed by atoms with Gasteiger partial charge in [-0.15, -0.1) is 0 Å². The average molecular weight is 386 g/mol. The number of sulfonamides is 1. The molecule has 1 aromatic heterocycles. The number of aromatic nitrogens is 1. The highest BCUT2D eigenvalue weighted by Gasteiger charge is 2.14. The Kier molecular flexibility index (Phi) is 5.11. The summed E-state index contributed by atoms with van der Waals surface area (Å²) < 4.78 is 27.4. The summed E-state index contributed by atoms with van der Waals surface area (Å²) in [6.45, 7) is 0. The number of anilines is 1. The molecule has 0 radical (unpaired) electrons. The topological polar surface area (TPSA) is 108 Å². The average Bonchev–Trinajstić information content (AvgIpc) is 2.45. The van der Waals surface area contributed by atoms with Gasteiger partial charge in [0.2, 0.25) is 10.0 Å². The third-order valence-electron chi connectivity index (χ3n) is 2.61. The number of carbonyl (C=O) groups excluding carboxylic acids is 1. The summed E-state index contributed by atoms with van der Waals surface area (Å²) in [5.74, 6) is -1.04. The lowest BCUT2D eigenvalue weighted by molar-refractivity contribution is 0.0701. The first kappa shape index (κ1) is 16.4. The molecule has 22 heavy (non-hydrogen) atoms. The fourth-order valence-corrected chi connectivity index (χ4v) is 3.36. The molecule has 0 aliphatic rings. The van der Waals surface area contributed by atoms with Crippen molar-refractivity contribution in [2.45, 2.75) is 5.75 Å². The Hall–Kier alpha value is -1.97. The Bertz CT molecular complexity index is 795. The normalized spacial score (nSPS) is 11.0. The minimum atomic E-state index is -3.65. The predicted octanol–water partition coefficient (Wildman–Crippen LogP) is 1.90. The van der Waals surface area contributed by atoms with Gasteiger partial charge in [0, 0.05) is 10.7 Å². The molecule has 2 rings (SSSR count). The highest BCUT2D eigenvalue weighted by molar-refractivity contribution is 9.10. The van der Waals surface area contributed by atoms with Crippen molar-refractivity contribution in [3.05, 3.63) is 58.3 Å². The SMILES string of the molecule is O=C(NO)c1cc(NS(=O)(=O)Cc2cccc(Br)c2)ccn1. The van der Waals surface area contributed by atoms with Gasteiger partial charge in [0.1, 0.15) is 5.69 Å². The molecule has 0 aliphatic carbocycles. The fourth-order valence-electron chi connectivity index (χ4n) is 1.74. The molecule has 0 saturated heterocycles. The molecule has 0 bridgehead atoms. The van der Waals surface area contributed by atoms with Gasteiger partial charge in [0.05, 0.1) is 11.4 Å². The molecular weight excluding hydrogens is 374 g/mol. The lowest BCUT2D eigenvalue weighted by Crippen LogP contribution is -2.20. The summed E-state index contributed by atoms with van der Waals surface area (Å²) in [4.78, 5) is 15.0. The van der Waals surface area contributed by atoms with E-state index in [1.54, 1.807) is 24.3 Å². The van der Waals surface area contributed by atoms with Crippen LogP contribution in [0.15, 0.2) is 47.1 Å². The third-order valence-corrected chi connectivity index (χ3v) is 4.37. The first-order valence-corrected chi connectivity index (χ1v) is 8.49. The number of amides is 1. The minimum absolute atomic E-state index is 0.106. The summed E-state index contributed by atoms with van der Waals surface area (Å²) >= 11 is 3.28. The number of rotatable bonds is 5. The van der Waals surface area contributed by atoms with Crippen molar-refractivity contribution in [2.24, 2.45) is 0 Å². The highest BCUT2D eigenvalue weighted by atomic mass is 79.9. The predicted molar refractivity (Wildman–Crippen MR) is 83.9 cm³/mol. The zero-order valence-corrected chi connectivity index (χ0v) is 13.6. The number of nitrogens with zero attached hydrogens (tertiary/aromatic N) is 1. The Balaban J connectivity index is 2.17. The van der Waals surface area contributed by atoms with Gasteiger partial charge in [-0.05, 0) is 29.8 Å². The van der Waals surface area contributed by atoms with Crippen molar-refractivity contribution < 1.29 is 18.4 Å². The van der Waals surface area contributed by atoms with E-state index in [0.717, 1.165) is 4.47 Å². The smallest absolute Gasteiger partial charge is 0.288 e. The molecule has 0 fully saturated rings. The Labute approximate surface area is 135 Å². The van der Waals surface area contributed by atoms with Gasteiger partial charge in [0.15, 0.2) is 0 Å². The van der Waals surface area contributed by atoms with Crippen LogP contribution in [0.2, 0.25) is 0 Å². The van der Waals surface area contributed by atoms with Gasteiger partial charge in [-0.1, -0.05) is 28.1 Å². The van der Waals surface area contributed by atoms with Crippen LogP contribution in [-0.4, -0.2) is 24.5 Å². The molecule has 3 N–H and O–H groups in total. The van der Waals surface area contributed by atoms with Crippen molar-refractivity contribution in [3.63, 3.8) is 0 Å². The first-order chi connectivity index (χ1) is 10.4. The second kappa shape index (κ2) is 6.86. The van der Waals surface area contributed by atoms with Gasteiger partial charge >= 0.3 is 0 Å². The van der Waals surface area contributed by atoms with E-state index < -0.39 is 15.9 Å². The molecule has 7 nitrogen and oxygen atoms in total. The van der Waals surface area contributed by atoms with Gasteiger partial charge < -0.3 is 0 Å². The maximum Gasteiger partial charge on any atom is 0.293 e. The van der Waals surface area contributed by atoms with E-state index in [1.165, 1.54) is 23.8 Å². The molecule has 0 aliphatic heterocycles. The van der Waals surface area contributed by atoms with Crippen molar-refractivity contribution in [3.8, 4) is 0 Å². The lowest BCUT2D eigenvalue weighted by atomic mass is 10.2. The number of carbonyl (C=O) groups is 1. The summed E-state index contributed by atoms with van der Waals surface area (Å²) in [5.41, 5.74) is 2.13. The Morgan fingerprint density at radius 2 is 2.05 bits per heavy atom. The van der Waals surface area contributed by atoms with Crippen LogP contribution in [0.4, 0.5) is 5.69 Å². The van der Waals surface area contributed by atoms with Crippen LogP contribution in [0.25, 0.3) is 0 Å². The molecule has 0 unspecified atom stereocenters. The quantitative estimate of drug-likeness (QED) is 0.537. The number of pyridine rings is 1. The zero-order valence-electron chi connectivity index (χ0n) is 11.2. The summed E-state index contributed by atoms with van der Waals surface area (Å²) in [5, 5.41) is 8.55. The van der Waals surface area contributed by atoms with Crippen LogP contribution in [-0.2, 0) is 15.8 Å². The minimum Gasteiger partial charge on any atom is -0.288 e. The largest absolute Gasteiger partial charge is 0.293 e. The monoisotopic (exact) mass is 385 g/mol. The van der Waals surface area contributed by atoms with Crippen molar-refractivity contribution >= 4 is 37.5 Å². The number of hydrogen-bond donors (Lipinski definition) is 3. The molecule has 0 atom stereocenters. The molecule has 0 spiro atoms. The number of hydroxylamine groups is 1. The van der Waals surface area contributed by atoms with E-state index in [2.05, 4.69) is 25.6 Å². The molecular formula is C13H12BrN3O4S. The van der Waals surface area contributed by atoms with Gasteiger partial charge in [-0.2, -0.15) is 0 Å². The lowest BCUT2D eigenvalue weighted by Gasteiger charge is -2.09. The number of hydrogen-bond acceptors (Lipinski definition) is 5. The number of halogens is 1. The van der Waals surface area contributed by atoms with Crippen LogP contribution < -0.4 is 10.2 Å². The van der Waals surface area contributed by atoms with E-state index >= 15 is 0 Å². The van der Waals surface area contributed by atoms with E-state index in [9.17, 15) is 13.2 Å². The Morgan fingerprint density at radius 3 is 2.73 bits per heavy atom. The van der Waals surface area contributed by atoms with Crippen LogP contribution in [0.5, 0.6) is 0 Å². The van der Waals surface area contributed by atoms with Gasteiger partial charge in [-0.3, -0.25) is 19.7 Å². The molecule has 1 heterocycles. The van der Waals surface area contributed by atoms with E-state index in [-0.39, 0.29) is 17.1 Å². The molecule has 1 aromatic carbocycles. The van der Waals surface area contributed by atoms with Crippen LogP contribution in [0, 0.1) is 0 Å². The third kappa shape index (κ3) is 4.52. The van der Waals surface area contributed by atoms with E-state index in [1.807, 2.05) is 0 Å². The van der Waals surface area contributed by atoms with Crippen molar-refractivity contribution in [1.82, 2.24) is 10.5 Å². The zero-order chi connectivity index (χ0) is 16.2. The fraction of sp³-hybridized carbons (Fsp3) is 0.0769. The molecule has 116 valence electrons. The molecule has 2 aromatic rings. The van der Waals surface area contributed by atoms with Gasteiger partial charge in [-0.25, -0.2) is 13.9 Å². The highest BCUT2D eigenvalue weighted by Crippen LogP contribution is 2.16. The number of benzene rings is 1. The summed E-state index contributed by atoms with van der Waals surface area (Å²) in [6, 6.07) is 9.57. The van der Waals surface area contributed by atoms with Crippen molar-refractivity contribution in [2.75, 3.05) is 4.72 Å². The standard InChI is InChI=1S/C13H12BrN3O4S/c14-10-3-1-2-9(6-10)8-22(20,21)17-11-4-5-15-12(7-11)13(18)16-19/h1-7,19H,8H2,(H,15,17)(H,16,18). The maximum absolute atomic E-state index is 12.1. The first-order valence-electron chi connectivity index (χ1n) is 6.05. The van der Waals surface area contributed by atoms with Gasteiger partial charge in [0.25, 0.3) is 5.91 Å². The summed E-state index contributed by atoms with van der Waals surface area (Å²) in [6.07, 6.45) is 1.27. The molecule has 0 saturated carbocycles. The second-order valence-corrected chi connectivity index (χ2v) is 7.00. The van der Waals surface area contributed by atoms with E-state index in [4.69, 9.17) is 5.21 Å². The number of nitrogens with one attached hydrogen (secondary N) is 2. The van der Waals surface area contributed by atoms with Crippen LogP contribution in [0.1, 0.15) is 16.1 Å². The van der Waals surface area contributed by atoms with Crippen LogP contribution in [0.3, 0.4) is 0 Å². The second-order valence-electron chi connectivity index (χ2n) is 4.36. The van der Waals surface area contributed by atoms with Crippen LogP contribution >= 0.6 is 15.9 Å². The summed E-state index contributed by atoms with van der Waals surface area (Å²) in [7, 11) is -3.65. The maximum atomic E-state index is 12.1. The molecule has 1 amide bonds. The van der Waals surface area contributed by atoms with E-state index in [0.29, 0.717) is 5.56 Å². The molecule has 9 heteroatoms. The van der Waals surface area contributed by atoms with Crippen molar-refractivity contribution in [1.29, 1.82) is 0 Å².